The third-order valence-electron chi connectivity index (χ3n) is 3.93. The summed E-state index contributed by atoms with van der Waals surface area (Å²) in [6.07, 6.45) is -4.39. The molecule has 1 heterocycles. The van der Waals surface area contributed by atoms with Gasteiger partial charge in [0, 0.05) is 23.0 Å². The number of nitrogens with zero attached hydrogens (tertiary/aromatic N) is 2. The van der Waals surface area contributed by atoms with Crippen molar-refractivity contribution in [1.29, 1.82) is 5.41 Å². The van der Waals surface area contributed by atoms with Crippen molar-refractivity contribution in [3.05, 3.63) is 50.6 Å². The highest BCUT2D eigenvalue weighted by atomic mass is 79.9. The molecule has 0 aliphatic carbocycles. The van der Waals surface area contributed by atoms with Crippen LogP contribution in [0.2, 0.25) is 0 Å². The van der Waals surface area contributed by atoms with Gasteiger partial charge in [0.25, 0.3) is 5.56 Å². The summed E-state index contributed by atoms with van der Waals surface area (Å²) < 4.78 is 39.3. The fourth-order valence-corrected chi connectivity index (χ4v) is 2.90. The van der Waals surface area contributed by atoms with Gasteiger partial charge < -0.3 is 10.6 Å². The fourth-order valence-electron chi connectivity index (χ4n) is 2.54. The van der Waals surface area contributed by atoms with E-state index < -0.39 is 29.9 Å². The predicted octanol–water partition coefficient (Wildman–Crippen LogP) is 3.04. The Hall–Kier alpha value is -2.69. The van der Waals surface area contributed by atoms with E-state index in [0.29, 0.717) is 22.5 Å². The quantitative estimate of drug-likeness (QED) is 0.561. The minimum Gasteiger partial charge on any atom is -0.375 e. The van der Waals surface area contributed by atoms with Gasteiger partial charge in [-0.3, -0.25) is 15.0 Å². The average molecular weight is 474 g/mol. The predicted molar refractivity (Wildman–Crippen MR) is 107 cm³/mol. The number of allylic oxidation sites excluding steroid dienone is 1. The maximum Gasteiger partial charge on any atom is 0.432 e. The number of hydrogen-bond donors (Lipinski definition) is 3. The van der Waals surface area contributed by atoms with Crippen molar-refractivity contribution < 1.29 is 18.0 Å². The van der Waals surface area contributed by atoms with Crippen LogP contribution in [0.15, 0.2) is 39.4 Å². The van der Waals surface area contributed by atoms with Crippen LogP contribution in [0.25, 0.3) is 10.8 Å². The Morgan fingerprint density at radius 2 is 2.00 bits per heavy atom. The zero-order valence-corrected chi connectivity index (χ0v) is 17.4. The van der Waals surface area contributed by atoms with Crippen LogP contribution in [0, 0.1) is 5.41 Å². The molecule has 0 unspecified atom stereocenters. The summed E-state index contributed by atoms with van der Waals surface area (Å²) >= 11 is 3.36. The summed E-state index contributed by atoms with van der Waals surface area (Å²) in [5.74, 6) is -1.12. The van der Waals surface area contributed by atoms with Crippen LogP contribution < -0.4 is 16.2 Å². The van der Waals surface area contributed by atoms with Crippen LogP contribution in [0.4, 0.5) is 13.2 Å². The van der Waals surface area contributed by atoms with Crippen LogP contribution in [-0.4, -0.2) is 34.6 Å². The highest BCUT2D eigenvalue weighted by Crippen LogP contribution is 2.24. The van der Waals surface area contributed by atoms with Gasteiger partial charge in [-0.05, 0) is 24.1 Å². The Morgan fingerprint density at radius 1 is 1.34 bits per heavy atom. The topological polar surface area (TPSA) is 99.9 Å². The maximum absolute atomic E-state index is 12.7. The van der Waals surface area contributed by atoms with Crippen molar-refractivity contribution in [2.24, 2.45) is 0 Å². The molecule has 0 bridgehead atoms. The lowest BCUT2D eigenvalue weighted by molar-refractivity contribution is -0.121. The molecule has 11 heteroatoms. The van der Waals surface area contributed by atoms with Gasteiger partial charge in [-0.25, -0.2) is 4.68 Å². The van der Waals surface area contributed by atoms with Gasteiger partial charge in [0.1, 0.15) is 18.1 Å². The third kappa shape index (κ3) is 5.43. The molecule has 0 atom stereocenters. The van der Waals surface area contributed by atoms with Crippen LogP contribution in [0.1, 0.15) is 25.5 Å². The highest BCUT2D eigenvalue weighted by Gasteiger charge is 2.33. The molecule has 0 radical (unpaired) electrons. The molecular weight excluding hydrogens is 455 g/mol. The molecule has 29 heavy (non-hydrogen) atoms. The van der Waals surface area contributed by atoms with Crippen molar-refractivity contribution >= 4 is 38.3 Å². The monoisotopic (exact) mass is 473 g/mol. The Morgan fingerprint density at radius 3 is 2.55 bits per heavy atom. The second-order valence-electron chi connectivity index (χ2n) is 6.46. The van der Waals surface area contributed by atoms with Gasteiger partial charge in [0.2, 0.25) is 5.91 Å². The highest BCUT2D eigenvalue weighted by molar-refractivity contribution is 9.10. The largest absolute Gasteiger partial charge is 0.432 e. The normalized spacial score (nSPS) is 12.3. The van der Waals surface area contributed by atoms with E-state index in [2.05, 4.69) is 31.7 Å². The first kappa shape index (κ1) is 22.6. The molecule has 0 aliphatic rings. The minimum atomic E-state index is -4.84. The number of hydrogen-bond acceptors (Lipinski definition) is 5. The van der Waals surface area contributed by atoms with Crippen molar-refractivity contribution in [1.82, 2.24) is 20.4 Å². The number of carbonyl (C=O) groups excluding carboxylic acids is 1. The molecular formula is C18H19BrF3N5O2. The van der Waals surface area contributed by atoms with E-state index in [1.807, 2.05) is 13.8 Å². The van der Waals surface area contributed by atoms with Crippen molar-refractivity contribution in [3.8, 4) is 0 Å². The molecule has 0 saturated heterocycles. The molecule has 2 aromatic rings. The second-order valence-corrected chi connectivity index (χ2v) is 7.38. The van der Waals surface area contributed by atoms with E-state index in [9.17, 15) is 22.8 Å². The van der Waals surface area contributed by atoms with Crippen LogP contribution in [0.5, 0.6) is 0 Å². The molecule has 0 aliphatic heterocycles. The van der Waals surface area contributed by atoms with E-state index in [4.69, 9.17) is 5.41 Å². The van der Waals surface area contributed by atoms with E-state index >= 15 is 0 Å². The van der Waals surface area contributed by atoms with Crippen LogP contribution >= 0.6 is 15.9 Å². The van der Waals surface area contributed by atoms with Gasteiger partial charge in [0.15, 0.2) is 0 Å². The zero-order chi connectivity index (χ0) is 21.9. The molecule has 156 valence electrons. The second kappa shape index (κ2) is 8.76. The number of nitrogens with one attached hydrogen (secondary N) is 3. The molecule has 0 fully saturated rings. The number of fused-ring (bicyclic) bond motifs is 1. The summed E-state index contributed by atoms with van der Waals surface area (Å²) in [7, 11) is 1.30. The van der Waals surface area contributed by atoms with Crippen molar-refractivity contribution in [2.45, 2.75) is 32.5 Å². The lowest BCUT2D eigenvalue weighted by Crippen LogP contribution is -2.37. The molecule has 1 aromatic carbocycles. The molecule has 1 amide bonds. The number of benzene rings is 1. The van der Waals surface area contributed by atoms with Crippen molar-refractivity contribution in [2.75, 3.05) is 7.05 Å². The lowest BCUT2D eigenvalue weighted by atomic mass is 10.0. The van der Waals surface area contributed by atoms with Crippen LogP contribution in [-0.2, 0) is 11.3 Å². The Kier molecular flexibility index (Phi) is 6.83. The molecule has 1 aromatic heterocycles. The first-order valence-corrected chi connectivity index (χ1v) is 9.28. The van der Waals surface area contributed by atoms with E-state index in [-0.39, 0.29) is 11.7 Å². The number of alkyl halides is 3. The summed E-state index contributed by atoms with van der Waals surface area (Å²) in [4.78, 5) is 25.0. The number of rotatable bonds is 6. The third-order valence-corrected chi connectivity index (χ3v) is 4.42. The maximum atomic E-state index is 12.7. The first-order valence-electron chi connectivity index (χ1n) is 8.49. The Labute approximate surface area is 172 Å². The number of halogens is 4. The smallest absolute Gasteiger partial charge is 0.375 e. The number of aromatic nitrogens is 2. The summed E-state index contributed by atoms with van der Waals surface area (Å²) in [5, 5.41) is 16.9. The molecule has 0 saturated carbocycles. The van der Waals surface area contributed by atoms with E-state index in [1.54, 1.807) is 18.2 Å². The van der Waals surface area contributed by atoms with Gasteiger partial charge in [-0.2, -0.15) is 18.3 Å². The van der Waals surface area contributed by atoms with Gasteiger partial charge in [-0.15, -0.1) is 0 Å². The standard InChI is InChI=1S/C18H19BrF3N5O2/c1-9(2)16-12-6-10(19)4-5-11(12)17(29)27(26-16)8-15(28)25-14(24-3)7-13(23)18(20,21)22/h4-7,9,23-24H,8H2,1-3H3,(H,25,28)/b14-7+,23-13?. The zero-order valence-electron chi connectivity index (χ0n) is 15.8. The number of amides is 1. The van der Waals surface area contributed by atoms with E-state index in [1.165, 1.54) is 7.05 Å². The SMILES string of the molecule is CN/C(=C\C(=N)C(F)(F)F)NC(=O)Cn1nc(C(C)C)c2cc(Br)ccc2c1=O. The van der Waals surface area contributed by atoms with Gasteiger partial charge in [0.05, 0.1) is 11.1 Å². The van der Waals surface area contributed by atoms with Crippen LogP contribution in [0.3, 0.4) is 0 Å². The molecule has 7 nitrogen and oxygen atoms in total. The molecule has 0 spiro atoms. The number of carbonyl (C=O) groups is 1. The van der Waals surface area contributed by atoms with E-state index in [0.717, 1.165) is 9.15 Å². The first-order chi connectivity index (χ1) is 13.4. The fraction of sp³-hybridized carbons (Fsp3) is 0.333. The van der Waals surface area contributed by atoms with Gasteiger partial charge in [-0.1, -0.05) is 29.8 Å². The van der Waals surface area contributed by atoms with Gasteiger partial charge >= 0.3 is 6.18 Å². The minimum absolute atomic E-state index is 0.0401. The molecule has 3 N–H and O–H groups in total. The summed E-state index contributed by atoms with van der Waals surface area (Å²) in [6, 6.07) is 5.09. The Bertz CT molecular complexity index is 1040. The summed E-state index contributed by atoms with van der Waals surface area (Å²) in [6.45, 7) is 3.28. The lowest BCUT2D eigenvalue weighted by Gasteiger charge is -2.14. The summed E-state index contributed by atoms with van der Waals surface area (Å²) in [5.41, 5.74) is -1.52. The van der Waals surface area contributed by atoms with Crippen molar-refractivity contribution in [3.63, 3.8) is 0 Å². The Balaban J connectivity index is 2.36. The average Bonchev–Trinajstić information content (AvgIpc) is 2.62. The molecule has 2 rings (SSSR count).